The fraction of sp³-hybridized carbons (Fsp3) is 0.364. The lowest BCUT2D eigenvalue weighted by Crippen LogP contribution is -2.31. The molecule has 30 heavy (non-hydrogen) atoms. The number of aryl methyl sites for hydroxylation is 1. The second-order valence-corrected chi connectivity index (χ2v) is 7.28. The molecule has 2 aromatic rings. The Bertz CT molecular complexity index is 1060. The van der Waals surface area contributed by atoms with E-state index in [1.807, 2.05) is 20.0 Å². The quantitative estimate of drug-likeness (QED) is 0.471. The molecule has 0 saturated carbocycles. The van der Waals surface area contributed by atoms with Crippen molar-refractivity contribution in [2.75, 3.05) is 39.4 Å². The normalized spacial score (nSPS) is 17.0. The molecule has 8 nitrogen and oxygen atoms in total. The van der Waals surface area contributed by atoms with E-state index in [2.05, 4.69) is 22.1 Å². The highest BCUT2D eigenvalue weighted by molar-refractivity contribution is 5.63. The monoisotopic (exact) mass is 409 g/mol. The van der Waals surface area contributed by atoms with Crippen LogP contribution in [-0.2, 0) is 6.42 Å². The third-order valence-electron chi connectivity index (χ3n) is 5.43. The number of hydrogen-bond acceptors (Lipinski definition) is 7. The summed E-state index contributed by atoms with van der Waals surface area (Å²) < 4.78 is 16.8. The van der Waals surface area contributed by atoms with Crippen LogP contribution < -0.4 is 19.5 Å². The van der Waals surface area contributed by atoms with E-state index in [0.29, 0.717) is 29.5 Å². The summed E-state index contributed by atoms with van der Waals surface area (Å²) in [5.74, 6) is 8.51. The van der Waals surface area contributed by atoms with Gasteiger partial charge in [0.1, 0.15) is 6.04 Å². The third-order valence-corrected chi connectivity index (χ3v) is 5.43. The van der Waals surface area contributed by atoms with Crippen LogP contribution in [0.3, 0.4) is 0 Å². The highest BCUT2D eigenvalue weighted by Crippen LogP contribution is 2.49. The first-order valence-electron chi connectivity index (χ1n) is 9.66. The van der Waals surface area contributed by atoms with Crippen LogP contribution in [0.15, 0.2) is 24.3 Å². The number of nitro benzene ring substituents is 1. The van der Waals surface area contributed by atoms with Crippen molar-refractivity contribution in [1.82, 2.24) is 4.90 Å². The Hall–Kier alpha value is -3.44. The number of non-ortho nitro benzene ring substituents is 1. The number of anilines is 1. The first-order valence-corrected chi connectivity index (χ1v) is 9.66. The molecule has 0 aromatic heterocycles. The molecule has 156 valence electrons. The Morgan fingerprint density at radius 1 is 1.37 bits per heavy atom. The van der Waals surface area contributed by atoms with Gasteiger partial charge in [-0.05, 0) is 37.6 Å². The van der Waals surface area contributed by atoms with Crippen LogP contribution in [-0.4, -0.2) is 43.9 Å². The predicted molar refractivity (Wildman–Crippen MR) is 112 cm³/mol. The second-order valence-electron chi connectivity index (χ2n) is 7.28. The van der Waals surface area contributed by atoms with Crippen LogP contribution in [0.25, 0.3) is 0 Å². The number of methoxy groups -OCH3 is 1. The van der Waals surface area contributed by atoms with Crippen molar-refractivity contribution in [2.24, 2.45) is 0 Å². The molecule has 0 fully saturated rings. The highest BCUT2D eigenvalue weighted by atomic mass is 16.7. The zero-order valence-electron chi connectivity index (χ0n) is 17.2. The van der Waals surface area contributed by atoms with E-state index < -0.39 is 4.92 Å². The van der Waals surface area contributed by atoms with E-state index in [9.17, 15) is 10.1 Å². The molecule has 2 aliphatic heterocycles. The van der Waals surface area contributed by atoms with E-state index in [-0.39, 0.29) is 18.5 Å². The van der Waals surface area contributed by atoms with Crippen molar-refractivity contribution in [2.45, 2.75) is 19.4 Å². The number of nitro groups is 1. The summed E-state index contributed by atoms with van der Waals surface area (Å²) in [5.41, 5.74) is 3.84. The molecule has 2 aliphatic rings. The van der Waals surface area contributed by atoms with Gasteiger partial charge >= 0.3 is 0 Å². The van der Waals surface area contributed by atoms with Gasteiger partial charge in [-0.25, -0.2) is 0 Å². The minimum Gasteiger partial charge on any atom is -0.492 e. The minimum absolute atomic E-state index is 0.0535. The molecule has 0 bridgehead atoms. The maximum atomic E-state index is 11.0. The fourth-order valence-electron chi connectivity index (χ4n) is 3.82. The van der Waals surface area contributed by atoms with Crippen molar-refractivity contribution in [3.05, 3.63) is 51.1 Å². The molecule has 2 aromatic carbocycles. The van der Waals surface area contributed by atoms with E-state index in [1.54, 1.807) is 13.2 Å². The zero-order valence-corrected chi connectivity index (χ0v) is 17.2. The number of rotatable bonds is 4. The van der Waals surface area contributed by atoms with Gasteiger partial charge in [-0.3, -0.25) is 15.0 Å². The summed E-state index contributed by atoms with van der Waals surface area (Å²) in [7, 11) is 3.66. The van der Waals surface area contributed by atoms with Gasteiger partial charge in [-0.2, -0.15) is 0 Å². The summed E-state index contributed by atoms with van der Waals surface area (Å²) >= 11 is 0. The van der Waals surface area contributed by atoms with Crippen LogP contribution in [0, 0.1) is 28.9 Å². The second kappa shape index (κ2) is 8.13. The lowest BCUT2D eigenvalue weighted by molar-refractivity contribution is -0.384. The van der Waals surface area contributed by atoms with E-state index in [1.165, 1.54) is 12.1 Å². The maximum absolute atomic E-state index is 11.0. The van der Waals surface area contributed by atoms with E-state index in [0.717, 1.165) is 29.7 Å². The number of nitrogens with one attached hydrogen (secondary N) is 1. The van der Waals surface area contributed by atoms with Gasteiger partial charge in [-0.1, -0.05) is 17.9 Å². The number of nitrogens with zero attached hydrogens (tertiary/aromatic N) is 2. The Labute approximate surface area is 174 Å². The summed E-state index contributed by atoms with van der Waals surface area (Å²) in [6, 6.07) is 6.63. The molecule has 2 heterocycles. The smallest absolute Gasteiger partial charge is 0.271 e. The number of benzene rings is 2. The van der Waals surface area contributed by atoms with Gasteiger partial charge in [0, 0.05) is 29.9 Å². The highest BCUT2D eigenvalue weighted by Gasteiger charge is 2.33. The van der Waals surface area contributed by atoms with Crippen molar-refractivity contribution >= 4 is 11.4 Å². The predicted octanol–water partition coefficient (Wildman–Crippen LogP) is 3.29. The standard InChI is InChI=1S/C22H23N3O5/c1-14-6-7-16(25(26)27)12-17(14)23-9-4-5-18-20-15(8-10-24(18)2)11-19-21(22(20)28-3)30-13-29-19/h6-7,11-12,18,23H,8-10,13H2,1-3H3/t18-/m1/s1. The average molecular weight is 409 g/mol. The number of fused-ring (bicyclic) bond motifs is 2. The van der Waals surface area contributed by atoms with Crippen LogP contribution >= 0.6 is 0 Å². The Kier molecular flexibility index (Phi) is 5.38. The molecule has 0 amide bonds. The van der Waals surface area contributed by atoms with Crippen molar-refractivity contribution in [3.8, 4) is 29.1 Å². The molecule has 0 spiro atoms. The lowest BCUT2D eigenvalue weighted by atomic mass is 9.91. The molecular weight excluding hydrogens is 386 g/mol. The molecule has 0 aliphatic carbocycles. The Balaban J connectivity index is 1.58. The van der Waals surface area contributed by atoms with E-state index >= 15 is 0 Å². The van der Waals surface area contributed by atoms with Gasteiger partial charge in [-0.15, -0.1) is 0 Å². The van der Waals surface area contributed by atoms with Gasteiger partial charge < -0.3 is 19.5 Å². The molecule has 8 heteroatoms. The van der Waals surface area contributed by atoms with Crippen molar-refractivity contribution in [3.63, 3.8) is 0 Å². The molecule has 1 N–H and O–H groups in total. The molecule has 0 radical (unpaired) electrons. The Morgan fingerprint density at radius 3 is 2.97 bits per heavy atom. The molecule has 4 rings (SSSR count). The van der Waals surface area contributed by atoms with Crippen LogP contribution in [0.2, 0.25) is 0 Å². The van der Waals surface area contributed by atoms with Crippen LogP contribution in [0.5, 0.6) is 17.2 Å². The third kappa shape index (κ3) is 3.60. The van der Waals surface area contributed by atoms with Gasteiger partial charge in [0.15, 0.2) is 11.5 Å². The average Bonchev–Trinajstić information content (AvgIpc) is 3.20. The molecule has 0 saturated heterocycles. The first kappa shape index (κ1) is 19.9. The fourth-order valence-corrected chi connectivity index (χ4v) is 3.82. The maximum Gasteiger partial charge on any atom is 0.271 e. The SMILES string of the molecule is COc1c2c(cc3c1[C@@H](C#CCNc1cc([N+](=O)[O-])ccc1C)N(C)CC3)OCO2. The topological polar surface area (TPSA) is 86.1 Å². The summed E-state index contributed by atoms with van der Waals surface area (Å²) in [6.07, 6.45) is 0.877. The molecular formula is C22H23N3O5. The van der Waals surface area contributed by atoms with Crippen LogP contribution in [0.1, 0.15) is 22.7 Å². The van der Waals surface area contributed by atoms with E-state index in [4.69, 9.17) is 14.2 Å². The largest absolute Gasteiger partial charge is 0.492 e. The molecule has 0 unspecified atom stereocenters. The number of likely N-dealkylation sites (N-methyl/N-ethyl adjacent to an activating group) is 1. The summed E-state index contributed by atoms with van der Waals surface area (Å²) in [6.45, 7) is 3.33. The minimum atomic E-state index is -0.402. The lowest BCUT2D eigenvalue weighted by Gasteiger charge is -2.32. The van der Waals surface area contributed by atoms with Crippen molar-refractivity contribution in [1.29, 1.82) is 0 Å². The van der Waals surface area contributed by atoms with Gasteiger partial charge in [0.2, 0.25) is 12.5 Å². The van der Waals surface area contributed by atoms with Crippen molar-refractivity contribution < 1.29 is 19.1 Å². The zero-order chi connectivity index (χ0) is 21.3. The number of hydrogen-bond donors (Lipinski definition) is 1. The van der Waals surface area contributed by atoms with Gasteiger partial charge in [0.25, 0.3) is 5.69 Å². The van der Waals surface area contributed by atoms with Gasteiger partial charge in [0.05, 0.1) is 18.6 Å². The summed E-state index contributed by atoms with van der Waals surface area (Å²) in [4.78, 5) is 12.8. The van der Waals surface area contributed by atoms with Crippen LogP contribution in [0.4, 0.5) is 11.4 Å². The Morgan fingerprint density at radius 2 is 2.20 bits per heavy atom. The first-order chi connectivity index (χ1) is 14.5. The molecule has 1 atom stereocenters. The number of ether oxygens (including phenoxy) is 3. The summed E-state index contributed by atoms with van der Waals surface area (Å²) in [5, 5.41) is 14.2.